The number of hydrogen-bond donors (Lipinski definition) is 1. The van der Waals surface area contributed by atoms with E-state index in [0.29, 0.717) is 12.5 Å². The van der Waals surface area contributed by atoms with E-state index in [0.717, 1.165) is 37.6 Å². The lowest BCUT2D eigenvalue weighted by atomic mass is 10.2. The molecule has 0 bridgehead atoms. The largest absolute Gasteiger partial charge is 0.370 e. The second-order valence-corrected chi connectivity index (χ2v) is 5.12. The monoisotopic (exact) mass is 431 g/mol. The first-order chi connectivity index (χ1) is 10.7. The first-order valence-electron chi connectivity index (χ1n) is 7.17. The van der Waals surface area contributed by atoms with E-state index in [4.69, 9.17) is 10.3 Å². The number of benzene rings is 1. The topological polar surface area (TPSA) is 70.9 Å². The maximum absolute atomic E-state index is 13.0. The Morgan fingerprint density at radius 1 is 1.17 bits per heavy atom. The molecule has 8 heteroatoms. The van der Waals surface area contributed by atoms with Crippen molar-refractivity contribution in [2.45, 2.75) is 6.54 Å². The normalized spacial score (nSPS) is 15.4. The summed E-state index contributed by atoms with van der Waals surface area (Å²) < 4.78 is 17.7. The molecular weight excluding hydrogens is 412 g/mol. The van der Waals surface area contributed by atoms with E-state index >= 15 is 0 Å². The van der Waals surface area contributed by atoms with Gasteiger partial charge < -0.3 is 20.1 Å². The predicted molar refractivity (Wildman–Crippen MR) is 97.4 cm³/mol. The van der Waals surface area contributed by atoms with Gasteiger partial charge in [-0.15, -0.1) is 24.0 Å². The van der Waals surface area contributed by atoms with E-state index < -0.39 is 0 Å². The summed E-state index contributed by atoms with van der Waals surface area (Å²) in [6.45, 7) is 3.63. The molecule has 0 saturated carbocycles. The van der Waals surface area contributed by atoms with Gasteiger partial charge in [0.2, 0.25) is 0 Å². The highest BCUT2D eigenvalue weighted by Gasteiger charge is 2.18. The zero-order chi connectivity index (χ0) is 15.4. The van der Waals surface area contributed by atoms with Crippen molar-refractivity contribution in [1.29, 1.82) is 0 Å². The molecule has 0 unspecified atom stereocenters. The van der Waals surface area contributed by atoms with Crippen molar-refractivity contribution in [3.63, 3.8) is 0 Å². The van der Waals surface area contributed by atoms with Gasteiger partial charge in [0, 0.05) is 37.9 Å². The van der Waals surface area contributed by atoms with E-state index in [2.05, 4.69) is 15.0 Å². The van der Waals surface area contributed by atoms with Crippen LogP contribution >= 0.6 is 24.0 Å². The van der Waals surface area contributed by atoms with Gasteiger partial charge in [0.25, 0.3) is 0 Å². The molecule has 0 atom stereocenters. The third-order valence-corrected chi connectivity index (χ3v) is 3.69. The summed E-state index contributed by atoms with van der Waals surface area (Å²) in [5, 5.41) is 3.80. The van der Waals surface area contributed by atoms with Crippen molar-refractivity contribution >= 4 is 35.6 Å². The van der Waals surface area contributed by atoms with Gasteiger partial charge in [-0.25, -0.2) is 9.38 Å². The molecule has 1 aromatic heterocycles. The molecule has 0 amide bonds. The average molecular weight is 431 g/mol. The Labute approximate surface area is 151 Å². The van der Waals surface area contributed by atoms with Crippen LogP contribution in [0.4, 0.5) is 10.1 Å². The second-order valence-electron chi connectivity index (χ2n) is 5.12. The number of guanidine groups is 1. The number of halogens is 2. The summed E-state index contributed by atoms with van der Waals surface area (Å²) in [7, 11) is 0. The number of nitrogens with two attached hydrogens (primary N) is 1. The molecule has 124 valence electrons. The molecule has 2 heterocycles. The van der Waals surface area contributed by atoms with Crippen molar-refractivity contribution < 1.29 is 8.91 Å². The predicted octanol–water partition coefficient (Wildman–Crippen LogP) is 2.07. The molecule has 1 aliphatic heterocycles. The third-order valence-electron chi connectivity index (χ3n) is 3.69. The number of hydrogen-bond acceptors (Lipinski definition) is 4. The van der Waals surface area contributed by atoms with Crippen LogP contribution in [0.1, 0.15) is 5.69 Å². The van der Waals surface area contributed by atoms with Crippen LogP contribution in [0.2, 0.25) is 0 Å². The minimum atomic E-state index is -0.216. The molecule has 1 fully saturated rings. The number of rotatable bonds is 3. The zero-order valence-corrected chi connectivity index (χ0v) is 14.9. The molecule has 1 aromatic carbocycles. The third kappa shape index (κ3) is 4.57. The van der Waals surface area contributed by atoms with Crippen molar-refractivity contribution in [2.24, 2.45) is 10.7 Å². The lowest BCUT2D eigenvalue weighted by molar-refractivity contribution is 0.380. The van der Waals surface area contributed by atoms with Gasteiger partial charge in [0.1, 0.15) is 17.8 Å². The fourth-order valence-corrected chi connectivity index (χ4v) is 2.43. The highest BCUT2D eigenvalue weighted by Crippen LogP contribution is 2.16. The molecule has 2 N–H and O–H groups in total. The fourth-order valence-electron chi connectivity index (χ4n) is 2.43. The smallest absolute Gasteiger partial charge is 0.191 e. The van der Waals surface area contributed by atoms with Gasteiger partial charge in [-0.2, -0.15) is 0 Å². The molecule has 1 saturated heterocycles. The molecule has 0 aliphatic carbocycles. The van der Waals surface area contributed by atoms with Crippen molar-refractivity contribution in [3.05, 3.63) is 48.1 Å². The van der Waals surface area contributed by atoms with Crippen molar-refractivity contribution in [3.8, 4) is 0 Å². The molecule has 23 heavy (non-hydrogen) atoms. The second kappa shape index (κ2) is 8.14. The maximum atomic E-state index is 13.0. The number of aliphatic imine (C=N–C) groups is 1. The fraction of sp³-hybridized carbons (Fsp3) is 0.333. The first-order valence-corrected chi connectivity index (χ1v) is 7.17. The van der Waals surface area contributed by atoms with Crippen LogP contribution in [0.15, 0.2) is 46.1 Å². The summed E-state index contributed by atoms with van der Waals surface area (Å²) in [6, 6.07) is 8.33. The van der Waals surface area contributed by atoms with Gasteiger partial charge in [0.15, 0.2) is 5.96 Å². The van der Waals surface area contributed by atoms with E-state index in [9.17, 15) is 4.39 Å². The summed E-state index contributed by atoms with van der Waals surface area (Å²) >= 11 is 0. The van der Waals surface area contributed by atoms with Gasteiger partial charge >= 0.3 is 0 Å². The minimum absolute atomic E-state index is 0. The van der Waals surface area contributed by atoms with Crippen LogP contribution in [-0.2, 0) is 6.54 Å². The Morgan fingerprint density at radius 2 is 1.87 bits per heavy atom. The molecule has 1 aliphatic rings. The number of piperazine rings is 1. The van der Waals surface area contributed by atoms with E-state index in [-0.39, 0.29) is 29.8 Å². The Balaban J connectivity index is 0.00000192. The molecule has 0 radical (unpaired) electrons. The summed E-state index contributed by atoms with van der Waals surface area (Å²) in [4.78, 5) is 8.58. The van der Waals surface area contributed by atoms with Crippen LogP contribution < -0.4 is 10.6 Å². The van der Waals surface area contributed by atoms with Gasteiger partial charge in [-0.1, -0.05) is 5.16 Å². The van der Waals surface area contributed by atoms with Gasteiger partial charge in [-0.05, 0) is 24.3 Å². The standard InChI is InChI=1S/C15H18FN5O.HI/c16-12-1-3-14(4-2-12)20-6-8-21(9-7-20)15(17)18-11-13-5-10-22-19-13;/h1-5,10H,6-9,11H2,(H2,17,18);1H. The van der Waals surface area contributed by atoms with Crippen molar-refractivity contribution in [2.75, 3.05) is 31.1 Å². The van der Waals surface area contributed by atoms with Crippen LogP contribution in [0.5, 0.6) is 0 Å². The van der Waals surface area contributed by atoms with E-state index in [1.54, 1.807) is 18.2 Å². The quantitative estimate of drug-likeness (QED) is 0.458. The number of nitrogens with zero attached hydrogens (tertiary/aromatic N) is 4. The lowest BCUT2D eigenvalue weighted by Gasteiger charge is -2.36. The Bertz CT molecular complexity index is 624. The first kappa shape index (κ1) is 17.5. The van der Waals surface area contributed by atoms with Crippen LogP contribution in [0.3, 0.4) is 0 Å². The highest BCUT2D eigenvalue weighted by atomic mass is 127. The van der Waals surface area contributed by atoms with E-state index in [1.165, 1.54) is 18.4 Å². The molecule has 3 rings (SSSR count). The Morgan fingerprint density at radius 3 is 2.48 bits per heavy atom. The molecule has 2 aromatic rings. The average Bonchev–Trinajstić information content (AvgIpc) is 3.07. The van der Waals surface area contributed by atoms with Crippen LogP contribution in [0.25, 0.3) is 0 Å². The summed E-state index contributed by atoms with van der Waals surface area (Å²) in [6.07, 6.45) is 1.52. The molecule has 6 nitrogen and oxygen atoms in total. The van der Waals surface area contributed by atoms with Crippen LogP contribution in [0, 0.1) is 5.82 Å². The summed E-state index contributed by atoms with van der Waals surface area (Å²) in [5.41, 5.74) is 7.80. The maximum Gasteiger partial charge on any atom is 0.191 e. The number of anilines is 1. The minimum Gasteiger partial charge on any atom is -0.370 e. The van der Waals surface area contributed by atoms with Gasteiger partial charge in [0.05, 0.1) is 6.54 Å². The molecular formula is C15H19FIN5O. The highest BCUT2D eigenvalue weighted by molar-refractivity contribution is 14.0. The Hall–Kier alpha value is -1.84. The molecule has 0 spiro atoms. The Kier molecular flexibility index (Phi) is 6.20. The van der Waals surface area contributed by atoms with Crippen LogP contribution in [-0.4, -0.2) is 42.2 Å². The SMILES string of the molecule is I.NC(=NCc1ccon1)N1CCN(c2ccc(F)cc2)CC1. The van der Waals surface area contributed by atoms with E-state index in [1.807, 2.05) is 4.90 Å². The summed E-state index contributed by atoms with van der Waals surface area (Å²) in [5.74, 6) is 0.299. The van der Waals surface area contributed by atoms with Gasteiger partial charge in [-0.3, -0.25) is 0 Å². The number of aromatic nitrogens is 1. The van der Waals surface area contributed by atoms with Crippen molar-refractivity contribution in [1.82, 2.24) is 10.1 Å². The lowest BCUT2D eigenvalue weighted by Crippen LogP contribution is -2.51. The zero-order valence-electron chi connectivity index (χ0n) is 12.6.